The van der Waals surface area contributed by atoms with Crippen LogP contribution in [0.25, 0.3) is 0 Å². The SMILES string of the molecule is CNC(=O)OCCOCCOCCOc1ccc2c(c1)C(=O)N(C1CCC(=O)NC1=O)C2=O. The van der Waals surface area contributed by atoms with Crippen molar-refractivity contribution in [1.29, 1.82) is 0 Å². The zero-order valence-corrected chi connectivity index (χ0v) is 18.1. The number of nitrogens with one attached hydrogen (secondary N) is 2. The van der Waals surface area contributed by atoms with E-state index in [9.17, 15) is 24.0 Å². The summed E-state index contributed by atoms with van der Waals surface area (Å²) in [6.07, 6.45) is -0.359. The maximum absolute atomic E-state index is 12.8. The molecule has 0 saturated carbocycles. The maximum Gasteiger partial charge on any atom is 0.406 e. The highest BCUT2D eigenvalue weighted by Crippen LogP contribution is 2.30. The molecule has 0 spiro atoms. The average Bonchev–Trinajstić information content (AvgIpc) is 3.04. The van der Waals surface area contributed by atoms with Gasteiger partial charge in [0.2, 0.25) is 11.8 Å². The van der Waals surface area contributed by atoms with Crippen molar-refractivity contribution >= 4 is 29.7 Å². The van der Waals surface area contributed by atoms with E-state index in [0.29, 0.717) is 19.0 Å². The zero-order chi connectivity index (χ0) is 23.8. The first kappa shape index (κ1) is 24.1. The van der Waals surface area contributed by atoms with Gasteiger partial charge in [-0.3, -0.25) is 29.4 Å². The third kappa shape index (κ3) is 6.05. The van der Waals surface area contributed by atoms with Crippen LogP contribution >= 0.6 is 0 Å². The Morgan fingerprint density at radius 2 is 1.67 bits per heavy atom. The molecule has 1 atom stereocenters. The maximum atomic E-state index is 12.8. The molecule has 1 aromatic rings. The van der Waals surface area contributed by atoms with E-state index in [2.05, 4.69) is 10.6 Å². The average molecular weight is 463 g/mol. The van der Waals surface area contributed by atoms with Gasteiger partial charge in [-0.05, 0) is 24.6 Å². The highest BCUT2D eigenvalue weighted by molar-refractivity contribution is 6.23. The molecule has 1 saturated heterocycles. The normalized spacial score (nSPS) is 17.6. The van der Waals surface area contributed by atoms with Crippen molar-refractivity contribution in [3.63, 3.8) is 0 Å². The molecular weight excluding hydrogens is 438 g/mol. The van der Waals surface area contributed by atoms with E-state index in [-0.39, 0.29) is 50.4 Å². The van der Waals surface area contributed by atoms with Gasteiger partial charge in [0.15, 0.2) is 0 Å². The van der Waals surface area contributed by atoms with E-state index < -0.39 is 35.8 Å². The third-order valence-electron chi connectivity index (χ3n) is 4.94. The van der Waals surface area contributed by atoms with Gasteiger partial charge in [0.05, 0.1) is 37.6 Å². The summed E-state index contributed by atoms with van der Waals surface area (Å²) in [5.41, 5.74) is 0.335. The minimum atomic E-state index is -1.01. The van der Waals surface area contributed by atoms with Gasteiger partial charge in [-0.15, -0.1) is 0 Å². The lowest BCUT2D eigenvalue weighted by Crippen LogP contribution is -2.54. The molecule has 3 rings (SSSR count). The molecule has 2 aliphatic heterocycles. The summed E-state index contributed by atoms with van der Waals surface area (Å²) in [4.78, 5) is 60.6. The summed E-state index contributed by atoms with van der Waals surface area (Å²) in [7, 11) is 1.47. The molecule has 0 bridgehead atoms. The topological polar surface area (TPSA) is 150 Å². The van der Waals surface area contributed by atoms with Gasteiger partial charge < -0.3 is 24.3 Å². The summed E-state index contributed by atoms with van der Waals surface area (Å²) in [5.74, 6) is -1.86. The Labute approximate surface area is 189 Å². The van der Waals surface area contributed by atoms with Gasteiger partial charge in [-0.25, -0.2) is 4.79 Å². The first-order chi connectivity index (χ1) is 15.9. The fourth-order valence-electron chi connectivity index (χ4n) is 3.35. The standard InChI is InChI=1S/C21H25N3O9/c1-22-21(29)33-11-9-31-7-6-30-8-10-32-13-2-3-14-15(12-13)20(28)24(19(14)27)16-4-5-17(25)23-18(16)26/h2-3,12,16H,4-11H2,1H3,(H,22,29)(H,23,25,26). The monoisotopic (exact) mass is 463 g/mol. The molecule has 0 aromatic heterocycles. The molecule has 5 amide bonds. The number of benzene rings is 1. The molecule has 12 heteroatoms. The summed E-state index contributed by atoms with van der Waals surface area (Å²) in [6, 6.07) is 3.49. The minimum Gasteiger partial charge on any atom is -0.491 e. The highest BCUT2D eigenvalue weighted by Gasteiger charge is 2.44. The Hall–Kier alpha value is -3.51. The van der Waals surface area contributed by atoms with Crippen molar-refractivity contribution in [3.05, 3.63) is 29.3 Å². The van der Waals surface area contributed by atoms with Gasteiger partial charge in [-0.2, -0.15) is 0 Å². The smallest absolute Gasteiger partial charge is 0.406 e. The predicted molar refractivity (Wildman–Crippen MR) is 111 cm³/mol. The van der Waals surface area contributed by atoms with E-state index in [1.54, 1.807) is 6.07 Å². The number of hydrogen-bond acceptors (Lipinski definition) is 9. The number of carbonyl (C=O) groups excluding carboxylic acids is 5. The van der Waals surface area contributed by atoms with Crippen molar-refractivity contribution in [3.8, 4) is 5.75 Å². The molecular formula is C21H25N3O9. The molecule has 1 unspecified atom stereocenters. The first-order valence-electron chi connectivity index (χ1n) is 10.4. The lowest BCUT2D eigenvalue weighted by molar-refractivity contribution is -0.136. The van der Waals surface area contributed by atoms with Crippen molar-refractivity contribution < 1.29 is 42.9 Å². The minimum absolute atomic E-state index is 0.0625. The van der Waals surface area contributed by atoms with E-state index in [4.69, 9.17) is 18.9 Å². The number of amides is 5. The van der Waals surface area contributed by atoms with Crippen LogP contribution in [0.2, 0.25) is 0 Å². The molecule has 2 N–H and O–H groups in total. The number of imide groups is 2. The Balaban J connectivity index is 1.40. The van der Waals surface area contributed by atoms with Crippen LogP contribution in [-0.2, 0) is 23.8 Å². The molecule has 2 aliphatic rings. The van der Waals surface area contributed by atoms with Crippen LogP contribution in [0.4, 0.5) is 4.79 Å². The van der Waals surface area contributed by atoms with E-state index in [0.717, 1.165) is 4.90 Å². The largest absolute Gasteiger partial charge is 0.491 e. The predicted octanol–water partition coefficient (Wildman–Crippen LogP) is -0.144. The lowest BCUT2D eigenvalue weighted by atomic mass is 10.0. The van der Waals surface area contributed by atoms with Crippen LogP contribution in [0.5, 0.6) is 5.75 Å². The molecule has 178 valence electrons. The number of fused-ring (bicyclic) bond motifs is 1. The van der Waals surface area contributed by atoms with Crippen LogP contribution in [0, 0.1) is 0 Å². The van der Waals surface area contributed by atoms with Gasteiger partial charge in [0.25, 0.3) is 11.8 Å². The fraction of sp³-hybridized carbons (Fsp3) is 0.476. The number of alkyl carbamates (subject to hydrolysis) is 1. The van der Waals surface area contributed by atoms with Gasteiger partial charge in [0, 0.05) is 13.5 Å². The number of piperidine rings is 1. The molecule has 0 radical (unpaired) electrons. The van der Waals surface area contributed by atoms with Gasteiger partial charge in [0.1, 0.15) is 25.0 Å². The van der Waals surface area contributed by atoms with Gasteiger partial charge in [-0.1, -0.05) is 0 Å². The van der Waals surface area contributed by atoms with Crippen molar-refractivity contribution in [2.45, 2.75) is 18.9 Å². The lowest BCUT2D eigenvalue weighted by Gasteiger charge is -2.27. The van der Waals surface area contributed by atoms with Crippen LogP contribution in [0.15, 0.2) is 18.2 Å². The van der Waals surface area contributed by atoms with Crippen molar-refractivity contribution in [2.75, 3.05) is 46.7 Å². The number of nitrogens with zero attached hydrogens (tertiary/aromatic N) is 1. The summed E-state index contributed by atoms with van der Waals surface area (Å²) < 4.78 is 21.0. The number of hydrogen-bond donors (Lipinski definition) is 2. The Morgan fingerprint density at radius 3 is 2.36 bits per heavy atom. The third-order valence-corrected chi connectivity index (χ3v) is 4.94. The molecule has 33 heavy (non-hydrogen) atoms. The van der Waals surface area contributed by atoms with Crippen LogP contribution in [0.3, 0.4) is 0 Å². The number of rotatable bonds is 11. The number of carbonyl (C=O) groups is 5. The van der Waals surface area contributed by atoms with E-state index in [1.807, 2.05) is 0 Å². The second kappa shape index (κ2) is 11.4. The Kier molecular flexibility index (Phi) is 8.33. The molecule has 12 nitrogen and oxygen atoms in total. The molecule has 1 fully saturated rings. The van der Waals surface area contributed by atoms with Crippen molar-refractivity contribution in [1.82, 2.24) is 15.5 Å². The Morgan fingerprint density at radius 1 is 1.00 bits per heavy atom. The summed E-state index contributed by atoms with van der Waals surface area (Å²) >= 11 is 0. The summed E-state index contributed by atoms with van der Waals surface area (Å²) in [6.45, 7) is 1.51. The quantitative estimate of drug-likeness (QED) is 0.338. The second-order valence-corrected chi connectivity index (χ2v) is 7.11. The van der Waals surface area contributed by atoms with E-state index in [1.165, 1.54) is 19.2 Å². The summed E-state index contributed by atoms with van der Waals surface area (Å²) in [5, 5.41) is 4.48. The van der Waals surface area contributed by atoms with Crippen molar-refractivity contribution in [2.24, 2.45) is 0 Å². The molecule has 1 aromatic carbocycles. The van der Waals surface area contributed by atoms with Crippen LogP contribution in [-0.4, -0.2) is 87.4 Å². The molecule has 2 heterocycles. The van der Waals surface area contributed by atoms with Gasteiger partial charge >= 0.3 is 6.09 Å². The highest BCUT2D eigenvalue weighted by atomic mass is 16.6. The fourth-order valence-corrected chi connectivity index (χ4v) is 3.35. The Bertz CT molecular complexity index is 934. The second-order valence-electron chi connectivity index (χ2n) is 7.11. The van der Waals surface area contributed by atoms with Crippen LogP contribution < -0.4 is 15.4 Å². The number of ether oxygens (including phenoxy) is 4. The molecule has 0 aliphatic carbocycles. The zero-order valence-electron chi connectivity index (χ0n) is 18.1. The first-order valence-corrected chi connectivity index (χ1v) is 10.4. The van der Waals surface area contributed by atoms with E-state index >= 15 is 0 Å². The van der Waals surface area contributed by atoms with Crippen LogP contribution in [0.1, 0.15) is 33.6 Å².